The number of anilines is 1. The summed E-state index contributed by atoms with van der Waals surface area (Å²) in [5.74, 6) is 0.183. The lowest BCUT2D eigenvalue weighted by atomic mass is 10.1. The molecule has 0 saturated carbocycles. The summed E-state index contributed by atoms with van der Waals surface area (Å²) in [5, 5.41) is 0. The van der Waals surface area contributed by atoms with Crippen LogP contribution in [-0.2, 0) is 0 Å². The second kappa shape index (κ2) is 6.37. The van der Waals surface area contributed by atoms with Crippen LogP contribution in [0.4, 0.5) is 5.69 Å². The van der Waals surface area contributed by atoms with Crippen LogP contribution < -0.4 is 4.90 Å². The van der Waals surface area contributed by atoms with Gasteiger partial charge in [0.05, 0.1) is 4.83 Å². The fraction of sp³-hybridized carbons (Fsp3) is 0.533. The molecule has 1 atom stereocenters. The minimum absolute atomic E-state index is 0.0571. The zero-order chi connectivity index (χ0) is 13.0. The Balaban J connectivity index is 2.07. The van der Waals surface area contributed by atoms with Crippen LogP contribution in [0.1, 0.15) is 43.0 Å². The highest BCUT2D eigenvalue weighted by Gasteiger charge is 2.16. The number of hydrogen-bond acceptors (Lipinski definition) is 2. The number of Topliss-reactive ketones (excluding diaryl/α,β-unsaturated/α-hetero) is 1. The van der Waals surface area contributed by atoms with Gasteiger partial charge in [-0.3, -0.25) is 4.79 Å². The summed E-state index contributed by atoms with van der Waals surface area (Å²) >= 11 is 3.41. The van der Waals surface area contributed by atoms with E-state index in [1.54, 1.807) is 0 Å². The van der Waals surface area contributed by atoms with E-state index in [1.807, 2.05) is 19.1 Å². The number of hydrogen-bond donors (Lipinski definition) is 0. The Bertz CT molecular complexity index is 395. The van der Waals surface area contributed by atoms with Gasteiger partial charge < -0.3 is 4.90 Å². The minimum Gasteiger partial charge on any atom is -0.372 e. The van der Waals surface area contributed by atoms with Gasteiger partial charge in [0, 0.05) is 24.3 Å². The summed E-state index contributed by atoms with van der Waals surface area (Å²) in [7, 11) is 0. The van der Waals surface area contributed by atoms with Crippen LogP contribution >= 0.6 is 15.9 Å². The molecule has 2 rings (SSSR count). The van der Waals surface area contributed by atoms with Gasteiger partial charge in [-0.15, -0.1) is 0 Å². The molecule has 0 radical (unpaired) electrons. The number of rotatable bonds is 4. The van der Waals surface area contributed by atoms with Crippen LogP contribution in [0, 0.1) is 0 Å². The number of benzene rings is 1. The molecule has 1 aliphatic heterocycles. The molecule has 0 amide bonds. The first-order valence-corrected chi connectivity index (χ1v) is 7.67. The summed E-state index contributed by atoms with van der Waals surface area (Å²) in [4.78, 5) is 14.4. The number of alkyl halides is 1. The van der Waals surface area contributed by atoms with Crippen molar-refractivity contribution in [3.05, 3.63) is 29.8 Å². The number of piperidine rings is 1. The molecule has 0 aliphatic carbocycles. The number of carbonyl (C=O) groups excluding carboxylic acids is 1. The Hall–Kier alpha value is -0.830. The Morgan fingerprint density at radius 2 is 1.83 bits per heavy atom. The van der Waals surface area contributed by atoms with Crippen molar-refractivity contribution in [3.8, 4) is 0 Å². The van der Waals surface area contributed by atoms with Gasteiger partial charge in [-0.1, -0.05) is 22.9 Å². The molecule has 1 aromatic rings. The Labute approximate surface area is 117 Å². The first-order chi connectivity index (χ1) is 8.72. The van der Waals surface area contributed by atoms with Crippen molar-refractivity contribution in [2.24, 2.45) is 0 Å². The van der Waals surface area contributed by atoms with Crippen LogP contribution in [0.15, 0.2) is 24.3 Å². The van der Waals surface area contributed by atoms with E-state index in [2.05, 4.69) is 33.0 Å². The van der Waals surface area contributed by atoms with Gasteiger partial charge in [-0.2, -0.15) is 0 Å². The maximum absolute atomic E-state index is 12.0. The van der Waals surface area contributed by atoms with E-state index >= 15 is 0 Å². The van der Waals surface area contributed by atoms with Crippen LogP contribution in [0.5, 0.6) is 0 Å². The average molecular weight is 310 g/mol. The van der Waals surface area contributed by atoms with Crippen molar-refractivity contribution in [3.63, 3.8) is 0 Å². The monoisotopic (exact) mass is 309 g/mol. The predicted octanol–water partition coefficient (Wildman–Crippen LogP) is 4.03. The van der Waals surface area contributed by atoms with Crippen LogP contribution in [0.25, 0.3) is 0 Å². The van der Waals surface area contributed by atoms with Gasteiger partial charge in [0.25, 0.3) is 0 Å². The molecule has 98 valence electrons. The SMILES string of the molecule is CCC(Br)C(=O)c1ccc(N2CCCCC2)cc1. The lowest BCUT2D eigenvalue weighted by Crippen LogP contribution is -2.29. The van der Waals surface area contributed by atoms with Crippen molar-refractivity contribution in [2.45, 2.75) is 37.4 Å². The van der Waals surface area contributed by atoms with Crippen LogP contribution in [0.2, 0.25) is 0 Å². The molecule has 1 unspecified atom stereocenters. The molecule has 0 bridgehead atoms. The van der Waals surface area contributed by atoms with Crippen molar-refractivity contribution in [1.29, 1.82) is 0 Å². The Morgan fingerprint density at radius 3 is 2.39 bits per heavy atom. The van der Waals surface area contributed by atoms with Gasteiger partial charge in [-0.05, 0) is 49.9 Å². The van der Waals surface area contributed by atoms with Gasteiger partial charge in [0.2, 0.25) is 0 Å². The molecular weight excluding hydrogens is 290 g/mol. The third kappa shape index (κ3) is 3.14. The zero-order valence-corrected chi connectivity index (χ0v) is 12.4. The summed E-state index contributed by atoms with van der Waals surface area (Å²) in [5.41, 5.74) is 2.05. The van der Waals surface area contributed by atoms with Gasteiger partial charge in [-0.25, -0.2) is 0 Å². The van der Waals surface area contributed by atoms with Crippen LogP contribution in [-0.4, -0.2) is 23.7 Å². The fourth-order valence-corrected chi connectivity index (χ4v) is 2.62. The van der Waals surface area contributed by atoms with Gasteiger partial charge in [0.1, 0.15) is 0 Å². The summed E-state index contributed by atoms with van der Waals surface area (Å²) in [6.45, 7) is 4.30. The predicted molar refractivity (Wildman–Crippen MR) is 79.8 cm³/mol. The molecule has 0 spiro atoms. The maximum atomic E-state index is 12.0. The Morgan fingerprint density at radius 1 is 1.22 bits per heavy atom. The first kappa shape index (κ1) is 13.6. The van der Waals surface area contributed by atoms with Crippen LogP contribution in [0.3, 0.4) is 0 Å². The number of ketones is 1. The minimum atomic E-state index is -0.0571. The van der Waals surface area contributed by atoms with Crippen molar-refractivity contribution >= 4 is 27.4 Å². The van der Waals surface area contributed by atoms with Crippen molar-refractivity contribution in [1.82, 2.24) is 0 Å². The second-order valence-corrected chi connectivity index (χ2v) is 5.94. The van der Waals surface area contributed by atoms with E-state index in [9.17, 15) is 4.79 Å². The van der Waals surface area contributed by atoms with Gasteiger partial charge >= 0.3 is 0 Å². The standard InChI is InChI=1S/C15H20BrNO/c1-2-14(16)15(18)12-6-8-13(9-7-12)17-10-4-3-5-11-17/h6-9,14H,2-5,10-11H2,1H3. The third-order valence-electron chi connectivity index (χ3n) is 3.52. The van der Waals surface area contributed by atoms with Gasteiger partial charge in [0.15, 0.2) is 5.78 Å². The zero-order valence-electron chi connectivity index (χ0n) is 10.9. The van der Waals surface area contributed by atoms with E-state index in [-0.39, 0.29) is 10.6 Å². The average Bonchev–Trinajstić information content (AvgIpc) is 2.47. The third-order valence-corrected chi connectivity index (χ3v) is 4.58. The number of carbonyl (C=O) groups is 1. The van der Waals surface area contributed by atoms with Crippen molar-refractivity contribution < 1.29 is 4.79 Å². The molecular formula is C15H20BrNO. The molecule has 1 aliphatic rings. The maximum Gasteiger partial charge on any atom is 0.176 e. The Kier molecular flexibility index (Phi) is 4.81. The second-order valence-electron chi connectivity index (χ2n) is 4.83. The lowest BCUT2D eigenvalue weighted by Gasteiger charge is -2.28. The lowest BCUT2D eigenvalue weighted by molar-refractivity contribution is 0.0990. The highest BCUT2D eigenvalue weighted by atomic mass is 79.9. The largest absolute Gasteiger partial charge is 0.372 e. The molecule has 1 saturated heterocycles. The first-order valence-electron chi connectivity index (χ1n) is 6.75. The molecule has 1 aromatic carbocycles. The molecule has 1 heterocycles. The molecule has 1 fully saturated rings. The van der Waals surface area contributed by atoms with Crippen molar-refractivity contribution in [2.75, 3.05) is 18.0 Å². The molecule has 0 N–H and O–H groups in total. The normalized spacial score (nSPS) is 17.6. The van der Waals surface area contributed by atoms with E-state index in [4.69, 9.17) is 0 Å². The molecule has 0 aromatic heterocycles. The van der Waals surface area contributed by atoms with E-state index < -0.39 is 0 Å². The fourth-order valence-electron chi connectivity index (χ4n) is 2.35. The topological polar surface area (TPSA) is 20.3 Å². The summed E-state index contributed by atoms with van der Waals surface area (Å²) < 4.78 is 0. The smallest absolute Gasteiger partial charge is 0.176 e. The van der Waals surface area contributed by atoms with E-state index in [0.717, 1.165) is 25.1 Å². The molecule has 2 nitrogen and oxygen atoms in total. The van der Waals surface area contributed by atoms with E-state index in [1.165, 1.54) is 24.9 Å². The quantitative estimate of drug-likeness (QED) is 0.618. The highest BCUT2D eigenvalue weighted by Crippen LogP contribution is 2.21. The molecule has 3 heteroatoms. The number of nitrogens with zero attached hydrogens (tertiary/aromatic N) is 1. The highest BCUT2D eigenvalue weighted by molar-refractivity contribution is 9.10. The number of halogens is 1. The molecule has 18 heavy (non-hydrogen) atoms. The summed E-state index contributed by atoms with van der Waals surface area (Å²) in [6.07, 6.45) is 4.72. The van der Waals surface area contributed by atoms with E-state index in [0.29, 0.717) is 0 Å². The summed E-state index contributed by atoms with van der Waals surface area (Å²) in [6, 6.07) is 8.06.